The molecule has 0 aliphatic rings. The molecule has 0 saturated carbocycles. The lowest BCUT2D eigenvalue weighted by Crippen LogP contribution is -2.10. The van der Waals surface area contributed by atoms with Gasteiger partial charge in [-0.05, 0) is 19.1 Å². The lowest BCUT2D eigenvalue weighted by atomic mass is 10.3. The second kappa shape index (κ2) is 4.40. The normalized spacial score (nSPS) is 10.4. The highest BCUT2D eigenvalue weighted by atomic mass is 35.5. The van der Waals surface area contributed by atoms with Gasteiger partial charge in [-0.2, -0.15) is 0 Å². The van der Waals surface area contributed by atoms with Crippen molar-refractivity contribution in [3.8, 4) is 0 Å². The van der Waals surface area contributed by atoms with E-state index in [0.717, 1.165) is 0 Å². The van der Waals surface area contributed by atoms with Crippen LogP contribution in [0.2, 0.25) is 5.15 Å². The molecule has 0 spiro atoms. The van der Waals surface area contributed by atoms with Crippen molar-refractivity contribution in [3.63, 3.8) is 0 Å². The topological polar surface area (TPSA) is 65.0 Å². The first-order valence-corrected chi connectivity index (χ1v) is 5.05. The number of carbonyl (C=O) groups excluding carboxylic acids is 1. The van der Waals surface area contributed by atoms with Crippen LogP contribution in [0.3, 0.4) is 0 Å². The van der Waals surface area contributed by atoms with Crippen LogP contribution in [-0.4, -0.2) is 27.5 Å². The smallest absolute Gasteiger partial charge is 0.376 e. The minimum atomic E-state index is -0.600. The number of nitrogens with zero attached hydrogens (tertiary/aromatic N) is 3. The Morgan fingerprint density at radius 3 is 3.06 bits per heavy atom. The zero-order valence-electron chi connectivity index (χ0n) is 8.48. The van der Waals surface area contributed by atoms with Crippen LogP contribution in [0, 0.1) is 0 Å². The summed E-state index contributed by atoms with van der Waals surface area (Å²) < 4.78 is 4.78. The van der Waals surface area contributed by atoms with Crippen molar-refractivity contribution in [2.45, 2.75) is 6.92 Å². The molecular weight excluding hydrogens is 230 g/mol. The number of pyridine rings is 1. The molecular formula is C10H8ClN3O2. The first kappa shape index (κ1) is 10.8. The van der Waals surface area contributed by atoms with Crippen molar-refractivity contribution < 1.29 is 9.53 Å². The van der Waals surface area contributed by atoms with Crippen LogP contribution in [0.25, 0.3) is 11.0 Å². The summed E-state index contributed by atoms with van der Waals surface area (Å²) in [5, 5.41) is 0.804. The van der Waals surface area contributed by atoms with E-state index in [1.54, 1.807) is 25.3 Å². The molecule has 0 aliphatic carbocycles. The van der Waals surface area contributed by atoms with Crippen LogP contribution < -0.4 is 0 Å². The third-order valence-corrected chi connectivity index (χ3v) is 2.17. The number of rotatable bonds is 2. The average Bonchev–Trinajstić information content (AvgIpc) is 2.29. The zero-order chi connectivity index (χ0) is 11.5. The molecule has 0 bridgehead atoms. The van der Waals surface area contributed by atoms with E-state index in [2.05, 4.69) is 15.0 Å². The van der Waals surface area contributed by atoms with Crippen LogP contribution in [0.4, 0.5) is 0 Å². The molecule has 0 radical (unpaired) electrons. The van der Waals surface area contributed by atoms with Crippen LogP contribution in [0.5, 0.6) is 0 Å². The molecule has 0 aliphatic heterocycles. The van der Waals surface area contributed by atoms with E-state index < -0.39 is 5.97 Å². The molecule has 6 heteroatoms. The number of fused-ring (bicyclic) bond motifs is 1. The van der Waals surface area contributed by atoms with Gasteiger partial charge in [-0.3, -0.25) is 0 Å². The Kier molecular flexibility index (Phi) is 2.96. The maximum absolute atomic E-state index is 11.4. The van der Waals surface area contributed by atoms with Gasteiger partial charge in [0, 0.05) is 6.20 Å². The highest BCUT2D eigenvalue weighted by Crippen LogP contribution is 2.18. The molecule has 16 heavy (non-hydrogen) atoms. The monoisotopic (exact) mass is 237 g/mol. The molecule has 0 fully saturated rings. The molecule has 0 saturated heterocycles. The summed E-state index contributed by atoms with van der Waals surface area (Å²) >= 11 is 5.91. The van der Waals surface area contributed by atoms with Gasteiger partial charge in [0.05, 0.1) is 12.0 Å². The largest absolute Gasteiger partial charge is 0.460 e. The molecule has 0 unspecified atom stereocenters. The fraction of sp³-hybridized carbons (Fsp3) is 0.200. The van der Waals surface area contributed by atoms with Gasteiger partial charge in [0.1, 0.15) is 5.15 Å². The van der Waals surface area contributed by atoms with E-state index in [1.807, 2.05) is 0 Å². The van der Waals surface area contributed by atoms with Crippen molar-refractivity contribution in [1.29, 1.82) is 0 Å². The van der Waals surface area contributed by atoms with Crippen LogP contribution >= 0.6 is 11.6 Å². The lowest BCUT2D eigenvalue weighted by molar-refractivity contribution is 0.0512. The molecule has 2 aromatic heterocycles. The van der Waals surface area contributed by atoms with E-state index >= 15 is 0 Å². The van der Waals surface area contributed by atoms with Gasteiger partial charge in [0.15, 0.2) is 5.65 Å². The van der Waals surface area contributed by atoms with E-state index in [-0.39, 0.29) is 17.6 Å². The highest BCUT2D eigenvalue weighted by Gasteiger charge is 2.14. The minimum Gasteiger partial charge on any atom is -0.460 e. The molecule has 0 N–H and O–H groups in total. The number of hydrogen-bond acceptors (Lipinski definition) is 5. The van der Waals surface area contributed by atoms with Gasteiger partial charge >= 0.3 is 5.97 Å². The number of esters is 1. The molecule has 2 rings (SSSR count). The number of ether oxygens (including phenoxy) is 1. The van der Waals surface area contributed by atoms with Gasteiger partial charge in [-0.25, -0.2) is 19.7 Å². The average molecular weight is 238 g/mol. The Morgan fingerprint density at radius 2 is 2.31 bits per heavy atom. The summed E-state index contributed by atoms with van der Waals surface area (Å²) in [4.78, 5) is 23.2. The standard InChI is InChI=1S/C10H8ClN3O2/c1-2-16-10(15)9-13-7(11)6-4-3-5-12-8(6)14-9/h3-5H,2H2,1H3. The Labute approximate surface area is 96.4 Å². The van der Waals surface area contributed by atoms with Crippen LogP contribution in [-0.2, 0) is 4.74 Å². The van der Waals surface area contributed by atoms with E-state index in [1.165, 1.54) is 0 Å². The number of carbonyl (C=O) groups is 1. The van der Waals surface area contributed by atoms with Gasteiger partial charge in [-0.1, -0.05) is 11.6 Å². The van der Waals surface area contributed by atoms with E-state index in [0.29, 0.717) is 11.0 Å². The molecule has 0 aromatic carbocycles. The molecule has 2 aromatic rings. The summed E-state index contributed by atoms with van der Waals surface area (Å²) in [6.45, 7) is 1.97. The van der Waals surface area contributed by atoms with Gasteiger partial charge in [0.2, 0.25) is 5.82 Å². The predicted molar refractivity (Wildman–Crippen MR) is 58.3 cm³/mol. The lowest BCUT2D eigenvalue weighted by Gasteiger charge is -2.02. The Balaban J connectivity index is 2.53. The molecule has 0 atom stereocenters. The van der Waals surface area contributed by atoms with Gasteiger partial charge in [-0.15, -0.1) is 0 Å². The maximum Gasteiger partial charge on any atom is 0.376 e. The van der Waals surface area contributed by atoms with Crippen molar-refractivity contribution in [2.24, 2.45) is 0 Å². The number of aromatic nitrogens is 3. The quantitative estimate of drug-likeness (QED) is 0.589. The Hall–Kier alpha value is -1.75. The van der Waals surface area contributed by atoms with E-state index in [4.69, 9.17) is 16.3 Å². The van der Waals surface area contributed by atoms with Crippen LogP contribution in [0.1, 0.15) is 17.5 Å². The Morgan fingerprint density at radius 1 is 1.50 bits per heavy atom. The summed E-state index contributed by atoms with van der Waals surface area (Å²) in [5.41, 5.74) is 0.380. The Bertz CT molecular complexity index is 545. The van der Waals surface area contributed by atoms with Gasteiger partial charge in [0.25, 0.3) is 0 Å². The summed E-state index contributed by atoms with van der Waals surface area (Å²) in [5.74, 6) is -0.671. The summed E-state index contributed by atoms with van der Waals surface area (Å²) in [7, 11) is 0. The molecule has 82 valence electrons. The summed E-state index contributed by atoms with van der Waals surface area (Å²) in [6.07, 6.45) is 1.57. The van der Waals surface area contributed by atoms with Crippen LogP contribution in [0.15, 0.2) is 18.3 Å². The number of halogens is 1. The fourth-order valence-electron chi connectivity index (χ4n) is 1.21. The molecule has 5 nitrogen and oxygen atoms in total. The second-order valence-corrected chi connectivity index (χ2v) is 3.29. The third kappa shape index (κ3) is 1.94. The summed E-state index contributed by atoms with van der Waals surface area (Å²) in [6, 6.07) is 3.46. The molecule has 0 amide bonds. The fourth-order valence-corrected chi connectivity index (χ4v) is 1.44. The first-order valence-electron chi connectivity index (χ1n) is 4.67. The minimum absolute atomic E-state index is 0.0712. The first-order chi connectivity index (χ1) is 7.72. The van der Waals surface area contributed by atoms with Crippen molar-refractivity contribution >= 4 is 28.6 Å². The molecule has 2 heterocycles. The SMILES string of the molecule is CCOC(=O)c1nc(Cl)c2cccnc2n1. The number of hydrogen-bond donors (Lipinski definition) is 0. The third-order valence-electron chi connectivity index (χ3n) is 1.88. The second-order valence-electron chi connectivity index (χ2n) is 2.93. The highest BCUT2D eigenvalue weighted by molar-refractivity contribution is 6.34. The predicted octanol–water partition coefficient (Wildman–Crippen LogP) is 1.85. The van der Waals surface area contributed by atoms with Gasteiger partial charge < -0.3 is 4.74 Å². The maximum atomic E-state index is 11.4. The van der Waals surface area contributed by atoms with Crippen molar-refractivity contribution in [3.05, 3.63) is 29.3 Å². The zero-order valence-corrected chi connectivity index (χ0v) is 9.23. The van der Waals surface area contributed by atoms with Crippen molar-refractivity contribution in [2.75, 3.05) is 6.61 Å². The van der Waals surface area contributed by atoms with Crippen molar-refractivity contribution in [1.82, 2.24) is 15.0 Å². The van der Waals surface area contributed by atoms with E-state index in [9.17, 15) is 4.79 Å².